The van der Waals surface area contributed by atoms with Gasteiger partial charge in [-0.1, -0.05) is 115 Å². The lowest BCUT2D eigenvalue weighted by Crippen LogP contribution is -2.64. The minimum Gasteiger partial charge on any atom is -0.354 e. The van der Waals surface area contributed by atoms with Gasteiger partial charge in [0.25, 0.3) is 0 Å². The molecule has 0 aliphatic heterocycles. The summed E-state index contributed by atoms with van der Waals surface area (Å²) in [4.78, 5) is 56.0. The van der Waals surface area contributed by atoms with Gasteiger partial charge >= 0.3 is 0 Å². The zero-order chi connectivity index (χ0) is 39.0. The number of benzene rings is 5. The van der Waals surface area contributed by atoms with Crippen LogP contribution in [0.25, 0.3) is 21.5 Å². The van der Waals surface area contributed by atoms with E-state index in [1.807, 2.05) is 115 Å². The first-order valence-corrected chi connectivity index (χ1v) is 19.3. The highest BCUT2D eigenvalue weighted by Gasteiger charge is 2.39. The van der Waals surface area contributed by atoms with E-state index in [-0.39, 0.29) is 37.5 Å². The van der Waals surface area contributed by atoms with E-state index in [1.54, 1.807) is 6.92 Å². The molecule has 5 rings (SSSR count). The number of carbonyl (C=O) groups is 4. The third-order valence-corrected chi connectivity index (χ3v) is 9.87. The van der Waals surface area contributed by atoms with Gasteiger partial charge in [-0.05, 0) is 83.9 Å². The van der Waals surface area contributed by atoms with Crippen LogP contribution in [0, 0.1) is 0 Å². The Kier molecular flexibility index (Phi) is 14.9. The van der Waals surface area contributed by atoms with Crippen LogP contribution in [0.4, 0.5) is 0 Å². The SMILES string of the molecule is CC(Cc1ccc2ccccc2c1)(NC(=O)[C@@H](Cc1ccccc1)NC(=O)CCCCN)C(=O)N[C@@H](Cc1ccc2ccccc2c1)C(=O)NCCCCN. The maximum Gasteiger partial charge on any atom is 0.246 e. The molecule has 0 aliphatic rings. The summed E-state index contributed by atoms with van der Waals surface area (Å²) in [5.74, 6) is -1.63. The van der Waals surface area contributed by atoms with Gasteiger partial charge in [0.15, 0.2) is 0 Å². The number of unbranched alkanes of at least 4 members (excludes halogenated alkanes) is 2. The van der Waals surface area contributed by atoms with E-state index in [4.69, 9.17) is 11.5 Å². The highest BCUT2D eigenvalue weighted by molar-refractivity contribution is 5.97. The highest BCUT2D eigenvalue weighted by atomic mass is 16.2. The standard InChI is InChI=1S/C45H54N6O4/c1-45(31-34-21-23-36-16-6-8-18-38(36)28-34,51-43(54)40(29-32-13-3-2-4-14-32)49-41(52)19-9-10-24-46)44(55)50-39(42(53)48-26-12-11-25-47)30-33-20-22-35-15-5-7-17-37(35)27-33/h2-8,13-18,20-23,27-28,39-40H,9-12,19,24-26,29-31,46-47H2,1H3,(H,48,53)(H,49,52)(H,50,55)(H,51,54)/t39-,40+,45?/m0/s1. The van der Waals surface area contributed by atoms with Crippen molar-refractivity contribution >= 4 is 45.2 Å². The minimum absolute atomic E-state index is 0.124. The van der Waals surface area contributed by atoms with Gasteiger partial charge in [0, 0.05) is 32.2 Å². The Labute approximate surface area is 323 Å². The number of fused-ring (bicyclic) bond motifs is 2. The van der Waals surface area contributed by atoms with E-state index >= 15 is 0 Å². The minimum atomic E-state index is -1.53. The third-order valence-electron chi connectivity index (χ3n) is 9.87. The summed E-state index contributed by atoms with van der Waals surface area (Å²) in [5, 5.41) is 16.1. The van der Waals surface area contributed by atoms with Crippen molar-refractivity contribution < 1.29 is 19.2 Å². The van der Waals surface area contributed by atoms with Crippen LogP contribution >= 0.6 is 0 Å². The van der Waals surface area contributed by atoms with Crippen LogP contribution in [0.5, 0.6) is 0 Å². The second kappa shape index (κ2) is 20.2. The van der Waals surface area contributed by atoms with Crippen LogP contribution in [-0.4, -0.2) is 60.9 Å². The fraction of sp³-hybridized carbons (Fsp3) is 0.333. The molecule has 288 valence electrons. The van der Waals surface area contributed by atoms with Gasteiger partial charge in [-0.25, -0.2) is 0 Å². The van der Waals surface area contributed by atoms with E-state index in [0.717, 1.165) is 44.7 Å². The third kappa shape index (κ3) is 12.0. The molecule has 1 unspecified atom stereocenters. The molecule has 10 heteroatoms. The van der Waals surface area contributed by atoms with Gasteiger partial charge in [-0.15, -0.1) is 0 Å². The number of amides is 4. The Balaban J connectivity index is 1.46. The van der Waals surface area contributed by atoms with E-state index in [0.29, 0.717) is 38.9 Å². The van der Waals surface area contributed by atoms with Gasteiger partial charge in [-0.2, -0.15) is 0 Å². The van der Waals surface area contributed by atoms with Gasteiger partial charge in [0.1, 0.15) is 17.6 Å². The number of carbonyl (C=O) groups excluding carboxylic acids is 4. The van der Waals surface area contributed by atoms with Crippen molar-refractivity contribution in [3.8, 4) is 0 Å². The van der Waals surface area contributed by atoms with Crippen LogP contribution in [0.2, 0.25) is 0 Å². The molecule has 0 spiro atoms. The molecule has 0 saturated carbocycles. The average molecular weight is 743 g/mol. The van der Waals surface area contributed by atoms with E-state index < -0.39 is 29.4 Å². The molecule has 0 aromatic heterocycles. The molecule has 3 atom stereocenters. The Hall–Kier alpha value is -5.58. The predicted octanol–water partition coefficient (Wildman–Crippen LogP) is 4.85. The Morgan fingerprint density at radius 3 is 1.78 bits per heavy atom. The van der Waals surface area contributed by atoms with Crippen molar-refractivity contribution in [3.63, 3.8) is 0 Å². The lowest BCUT2D eigenvalue weighted by Gasteiger charge is -2.33. The van der Waals surface area contributed by atoms with Crippen molar-refractivity contribution in [3.05, 3.63) is 132 Å². The number of hydrogen-bond donors (Lipinski definition) is 6. The molecule has 10 nitrogen and oxygen atoms in total. The second-order valence-corrected chi connectivity index (χ2v) is 14.4. The summed E-state index contributed by atoms with van der Waals surface area (Å²) in [7, 11) is 0. The molecule has 5 aromatic rings. The molecule has 0 bridgehead atoms. The lowest BCUT2D eigenvalue weighted by molar-refractivity contribution is -0.137. The zero-order valence-corrected chi connectivity index (χ0v) is 31.7. The summed E-state index contributed by atoms with van der Waals surface area (Å²) in [6.45, 7) is 3.07. The van der Waals surface area contributed by atoms with Crippen LogP contribution in [0.3, 0.4) is 0 Å². The zero-order valence-electron chi connectivity index (χ0n) is 31.7. The molecule has 0 radical (unpaired) electrons. The first kappa shape index (κ1) is 40.6. The van der Waals surface area contributed by atoms with Crippen LogP contribution < -0.4 is 32.7 Å². The molecule has 55 heavy (non-hydrogen) atoms. The molecule has 5 aromatic carbocycles. The van der Waals surface area contributed by atoms with Gasteiger partial charge in [0.05, 0.1) is 0 Å². The van der Waals surface area contributed by atoms with Crippen LogP contribution in [-0.2, 0) is 38.4 Å². The summed E-state index contributed by atoms with van der Waals surface area (Å²) in [5.41, 5.74) is 12.4. The molecule has 0 heterocycles. The maximum atomic E-state index is 14.7. The largest absolute Gasteiger partial charge is 0.354 e. The Bertz CT molecular complexity index is 2050. The van der Waals surface area contributed by atoms with Gasteiger partial charge in [-0.3, -0.25) is 19.2 Å². The molecule has 8 N–H and O–H groups in total. The van der Waals surface area contributed by atoms with E-state index in [1.165, 1.54) is 0 Å². The highest BCUT2D eigenvalue weighted by Crippen LogP contribution is 2.22. The molecular formula is C45H54N6O4. The first-order valence-electron chi connectivity index (χ1n) is 19.3. The van der Waals surface area contributed by atoms with Crippen LogP contribution in [0.15, 0.2) is 115 Å². The smallest absolute Gasteiger partial charge is 0.246 e. The Morgan fingerprint density at radius 2 is 1.13 bits per heavy atom. The predicted molar refractivity (Wildman–Crippen MR) is 220 cm³/mol. The molecule has 4 amide bonds. The number of rotatable bonds is 20. The molecule has 0 aliphatic carbocycles. The van der Waals surface area contributed by atoms with Crippen molar-refractivity contribution in [1.29, 1.82) is 0 Å². The van der Waals surface area contributed by atoms with E-state index in [9.17, 15) is 19.2 Å². The normalized spacial score (nSPS) is 13.4. The number of nitrogens with two attached hydrogens (primary N) is 2. The topological polar surface area (TPSA) is 168 Å². The molecule has 0 fully saturated rings. The van der Waals surface area contributed by atoms with Gasteiger partial charge in [0.2, 0.25) is 23.6 Å². The number of hydrogen-bond acceptors (Lipinski definition) is 6. The lowest BCUT2D eigenvalue weighted by atomic mass is 9.89. The number of nitrogens with one attached hydrogen (secondary N) is 4. The van der Waals surface area contributed by atoms with Gasteiger partial charge < -0.3 is 32.7 Å². The summed E-state index contributed by atoms with van der Waals surface area (Å²) < 4.78 is 0. The average Bonchev–Trinajstić information content (AvgIpc) is 3.19. The van der Waals surface area contributed by atoms with Crippen molar-refractivity contribution in [1.82, 2.24) is 21.3 Å². The molecule has 0 saturated heterocycles. The van der Waals surface area contributed by atoms with E-state index in [2.05, 4.69) is 21.3 Å². The second-order valence-electron chi connectivity index (χ2n) is 14.4. The monoisotopic (exact) mass is 742 g/mol. The summed E-state index contributed by atoms with van der Waals surface area (Å²) >= 11 is 0. The first-order chi connectivity index (χ1) is 26.7. The molecular weight excluding hydrogens is 689 g/mol. The van der Waals surface area contributed by atoms with Crippen LogP contribution in [0.1, 0.15) is 55.7 Å². The maximum absolute atomic E-state index is 14.7. The summed E-state index contributed by atoms with van der Waals surface area (Å²) in [6.07, 6.45) is 3.54. The van der Waals surface area contributed by atoms with Crippen molar-refractivity contribution in [2.75, 3.05) is 19.6 Å². The Morgan fingerprint density at radius 1 is 0.582 bits per heavy atom. The fourth-order valence-electron chi connectivity index (χ4n) is 6.79. The van der Waals surface area contributed by atoms with Crippen molar-refractivity contribution in [2.45, 2.75) is 75.9 Å². The fourth-order valence-corrected chi connectivity index (χ4v) is 6.79. The summed E-state index contributed by atoms with van der Waals surface area (Å²) in [6, 6.07) is 35.4. The van der Waals surface area contributed by atoms with Crippen molar-refractivity contribution in [2.24, 2.45) is 11.5 Å². The quantitative estimate of drug-likeness (QED) is 0.0624.